The molecule has 0 bridgehead atoms. The smallest absolute Gasteiger partial charge is 0.320 e. The van der Waals surface area contributed by atoms with E-state index < -0.39 is 12.0 Å². The number of hydrogen-bond donors (Lipinski definition) is 2. The van der Waals surface area contributed by atoms with Crippen LogP contribution >= 0.6 is 0 Å². The minimum atomic E-state index is -1.07. The lowest BCUT2D eigenvalue weighted by atomic mass is 10.0. The van der Waals surface area contributed by atoms with E-state index >= 15 is 0 Å². The summed E-state index contributed by atoms with van der Waals surface area (Å²) in [4.78, 5) is 22.1. The third kappa shape index (κ3) is 3.47. The molecule has 3 N–H and O–H groups in total. The predicted molar refractivity (Wildman–Crippen MR) is 60.4 cm³/mol. The van der Waals surface area contributed by atoms with Gasteiger partial charge in [-0.15, -0.1) is 0 Å². The van der Waals surface area contributed by atoms with Crippen molar-refractivity contribution in [2.24, 2.45) is 5.73 Å². The predicted octanol–water partition coefficient (Wildman–Crippen LogP) is 1.37. The average molecular weight is 221 g/mol. The minimum Gasteiger partial charge on any atom is -0.480 e. The first-order valence-corrected chi connectivity index (χ1v) is 5.09. The van der Waals surface area contributed by atoms with Crippen molar-refractivity contribution in [3.63, 3.8) is 0 Å². The van der Waals surface area contributed by atoms with Crippen molar-refractivity contribution in [1.82, 2.24) is 0 Å². The molecular weight excluding hydrogens is 206 g/mol. The lowest BCUT2D eigenvalue weighted by Gasteiger charge is -2.05. The monoisotopic (exact) mass is 221 g/mol. The Kier molecular flexibility index (Phi) is 4.19. The normalized spacial score (nSPS) is 12.1. The summed E-state index contributed by atoms with van der Waals surface area (Å²) >= 11 is 0. The highest BCUT2D eigenvalue weighted by Crippen LogP contribution is 2.08. The second kappa shape index (κ2) is 5.42. The van der Waals surface area contributed by atoms with Gasteiger partial charge in [0.25, 0.3) is 0 Å². The van der Waals surface area contributed by atoms with Crippen LogP contribution in [0.5, 0.6) is 0 Å². The van der Waals surface area contributed by atoms with Crippen LogP contribution in [0.15, 0.2) is 24.3 Å². The molecule has 0 saturated heterocycles. The fourth-order valence-corrected chi connectivity index (χ4v) is 1.29. The van der Waals surface area contributed by atoms with Crippen LogP contribution in [0.25, 0.3) is 0 Å². The molecule has 86 valence electrons. The van der Waals surface area contributed by atoms with Crippen LogP contribution in [0.4, 0.5) is 0 Å². The number of aryl methyl sites for hydroxylation is 1. The third-order valence-corrected chi connectivity index (χ3v) is 2.37. The number of ketones is 1. The van der Waals surface area contributed by atoms with E-state index in [4.69, 9.17) is 10.8 Å². The number of benzene rings is 1. The lowest BCUT2D eigenvalue weighted by molar-refractivity contribution is -0.138. The van der Waals surface area contributed by atoms with Crippen LogP contribution in [-0.4, -0.2) is 22.9 Å². The number of carboxylic acids is 1. The van der Waals surface area contributed by atoms with E-state index in [2.05, 4.69) is 0 Å². The second-order valence-corrected chi connectivity index (χ2v) is 3.77. The molecule has 4 nitrogen and oxygen atoms in total. The highest BCUT2D eigenvalue weighted by Gasteiger charge is 2.14. The zero-order valence-corrected chi connectivity index (χ0v) is 9.14. The van der Waals surface area contributed by atoms with Gasteiger partial charge >= 0.3 is 5.97 Å². The summed E-state index contributed by atoms with van der Waals surface area (Å²) < 4.78 is 0. The third-order valence-electron chi connectivity index (χ3n) is 2.37. The molecule has 0 aliphatic carbocycles. The summed E-state index contributed by atoms with van der Waals surface area (Å²) in [5.74, 6) is -1.14. The molecule has 0 fully saturated rings. The van der Waals surface area contributed by atoms with Gasteiger partial charge in [-0.2, -0.15) is 0 Å². The first kappa shape index (κ1) is 12.4. The Bertz CT molecular complexity index is 384. The molecule has 0 saturated carbocycles. The maximum Gasteiger partial charge on any atom is 0.320 e. The van der Waals surface area contributed by atoms with E-state index in [1.165, 1.54) is 0 Å². The van der Waals surface area contributed by atoms with E-state index in [-0.39, 0.29) is 18.6 Å². The van der Waals surface area contributed by atoms with Crippen LogP contribution < -0.4 is 5.73 Å². The summed E-state index contributed by atoms with van der Waals surface area (Å²) in [6, 6.07) is 6.22. The van der Waals surface area contributed by atoms with E-state index in [9.17, 15) is 9.59 Å². The number of carbonyl (C=O) groups excluding carboxylic acids is 1. The summed E-state index contributed by atoms with van der Waals surface area (Å²) in [6.07, 6.45) is 0.332. The van der Waals surface area contributed by atoms with Gasteiger partial charge in [0.15, 0.2) is 5.78 Å². The van der Waals surface area contributed by atoms with Crippen LogP contribution in [0, 0.1) is 6.92 Å². The molecule has 4 heteroatoms. The number of Topliss-reactive ketones (excluding diaryl/α,β-unsaturated/α-hetero) is 1. The Morgan fingerprint density at radius 3 is 2.38 bits per heavy atom. The summed E-state index contributed by atoms with van der Waals surface area (Å²) in [5.41, 5.74) is 7.00. The van der Waals surface area contributed by atoms with Gasteiger partial charge in [0.1, 0.15) is 6.04 Å². The first-order valence-electron chi connectivity index (χ1n) is 5.09. The second-order valence-electron chi connectivity index (χ2n) is 3.77. The number of carbonyl (C=O) groups is 2. The zero-order valence-electron chi connectivity index (χ0n) is 9.14. The van der Waals surface area contributed by atoms with Gasteiger partial charge in [-0.1, -0.05) is 29.8 Å². The molecule has 16 heavy (non-hydrogen) atoms. The van der Waals surface area contributed by atoms with Gasteiger partial charge in [-0.3, -0.25) is 9.59 Å². The van der Waals surface area contributed by atoms with Crippen molar-refractivity contribution in [2.75, 3.05) is 0 Å². The molecule has 0 aliphatic heterocycles. The van der Waals surface area contributed by atoms with Crippen LogP contribution in [-0.2, 0) is 4.79 Å². The van der Waals surface area contributed by atoms with Crippen molar-refractivity contribution in [3.05, 3.63) is 35.4 Å². The van der Waals surface area contributed by atoms with E-state index in [0.717, 1.165) is 5.56 Å². The van der Waals surface area contributed by atoms with E-state index in [1.54, 1.807) is 12.1 Å². The highest BCUT2D eigenvalue weighted by atomic mass is 16.4. The molecule has 1 atom stereocenters. The van der Waals surface area contributed by atoms with Crippen molar-refractivity contribution in [1.29, 1.82) is 0 Å². The molecular formula is C12H15NO3. The minimum absolute atomic E-state index is 0.0725. The molecule has 0 radical (unpaired) electrons. The molecule has 0 amide bonds. The van der Waals surface area contributed by atoms with Gasteiger partial charge in [0.05, 0.1) is 0 Å². The number of aliphatic carboxylic acids is 1. The molecule has 1 rings (SSSR count). The Morgan fingerprint density at radius 2 is 1.88 bits per heavy atom. The Balaban J connectivity index is 2.53. The SMILES string of the molecule is Cc1ccc(C(=O)CC[C@H](N)C(=O)O)cc1. The van der Waals surface area contributed by atoms with Gasteiger partial charge in [-0.05, 0) is 13.3 Å². The van der Waals surface area contributed by atoms with Gasteiger partial charge in [-0.25, -0.2) is 0 Å². The lowest BCUT2D eigenvalue weighted by Crippen LogP contribution is -2.30. The van der Waals surface area contributed by atoms with Crippen LogP contribution in [0.1, 0.15) is 28.8 Å². The number of nitrogens with two attached hydrogens (primary N) is 1. The van der Waals surface area contributed by atoms with Crippen molar-refractivity contribution in [3.8, 4) is 0 Å². The maximum atomic E-state index is 11.6. The Labute approximate surface area is 94.1 Å². The summed E-state index contributed by atoms with van der Waals surface area (Å²) in [7, 11) is 0. The van der Waals surface area contributed by atoms with Crippen molar-refractivity contribution >= 4 is 11.8 Å². The molecule has 0 aliphatic rings. The molecule has 1 aromatic rings. The molecule has 0 unspecified atom stereocenters. The summed E-state index contributed by atoms with van der Waals surface area (Å²) in [6.45, 7) is 1.94. The fourth-order valence-electron chi connectivity index (χ4n) is 1.29. The average Bonchev–Trinajstić information content (AvgIpc) is 2.26. The highest BCUT2D eigenvalue weighted by molar-refractivity contribution is 5.96. The maximum absolute atomic E-state index is 11.6. The van der Waals surface area contributed by atoms with Crippen molar-refractivity contribution < 1.29 is 14.7 Å². The molecule has 0 heterocycles. The Morgan fingerprint density at radius 1 is 1.31 bits per heavy atom. The molecule has 0 spiro atoms. The zero-order chi connectivity index (χ0) is 12.1. The van der Waals surface area contributed by atoms with Crippen LogP contribution in [0.2, 0.25) is 0 Å². The quantitative estimate of drug-likeness (QED) is 0.736. The Hall–Kier alpha value is -1.68. The van der Waals surface area contributed by atoms with E-state index in [0.29, 0.717) is 5.56 Å². The van der Waals surface area contributed by atoms with Gasteiger partial charge in [0, 0.05) is 12.0 Å². The topological polar surface area (TPSA) is 80.4 Å². The van der Waals surface area contributed by atoms with Crippen molar-refractivity contribution in [2.45, 2.75) is 25.8 Å². The fraction of sp³-hybridized carbons (Fsp3) is 0.333. The largest absolute Gasteiger partial charge is 0.480 e. The number of hydrogen-bond acceptors (Lipinski definition) is 3. The number of rotatable bonds is 5. The van der Waals surface area contributed by atoms with Crippen LogP contribution in [0.3, 0.4) is 0 Å². The first-order chi connectivity index (χ1) is 7.50. The number of carboxylic acid groups (broad SMARTS) is 1. The molecule has 0 aromatic heterocycles. The standard InChI is InChI=1S/C12H15NO3/c1-8-2-4-9(5-3-8)11(14)7-6-10(13)12(15)16/h2-5,10H,6-7,13H2,1H3,(H,15,16)/t10-/m0/s1. The van der Waals surface area contributed by atoms with E-state index in [1.807, 2.05) is 19.1 Å². The summed E-state index contributed by atoms with van der Waals surface area (Å²) in [5, 5.41) is 8.57. The van der Waals surface area contributed by atoms with Gasteiger partial charge in [0.2, 0.25) is 0 Å². The van der Waals surface area contributed by atoms with Gasteiger partial charge < -0.3 is 10.8 Å². The molecule has 1 aromatic carbocycles.